The lowest BCUT2D eigenvalue weighted by atomic mass is 9.75. The summed E-state index contributed by atoms with van der Waals surface area (Å²) in [6, 6.07) is 0. The van der Waals surface area contributed by atoms with Gasteiger partial charge in [-0.1, -0.05) is 32.6 Å². The predicted molar refractivity (Wildman–Crippen MR) is 98.6 cm³/mol. The van der Waals surface area contributed by atoms with E-state index in [-0.39, 0.29) is 6.10 Å². The Balaban J connectivity index is 1.62. The van der Waals surface area contributed by atoms with Crippen molar-refractivity contribution in [3.63, 3.8) is 0 Å². The van der Waals surface area contributed by atoms with Crippen molar-refractivity contribution in [3.05, 3.63) is 0 Å². The van der Waals surface area contributed by atoms with Gasteiger partial charge in [-0.15, -0.1) is 0 Å². The van der Waals surface area contributed by atoms with Crippen molar-refractivity contribution in [2.75, 3.05) is 13.1 Å². The molecule has 0 aliphatic carbocycles. The minimum Gasteiger partial charge on any atom is -0.481 e. The van der Waals surface area contributed by atoms with E-state index in [1.54, 1.807) is 0 Å². The highest BCUT2D eigenvalue weighted by molar-refractivity contribution is 5.66. The van der Waals surface area contributed by atoms with Gasteiger partial charge in [0, 0.05) is 13.0 Å². The third-order valence-corrected chi connectivity index (χ3v) is 5.92. The Bertz CT molecular complexity index is 390. The van der Waals surface area contributed by atoms with Crippen molar-refractivity contribution in [1.29, 1.82) is 0 Å². The summed E-state index contributed by atoms with van der Waals surface area (Å²) >= 11 is 0. The topological polar surface area (TPSA) is 78.8 Å². The fourth-order valence-corrected chi connectivity index (χ4v) is 4.65. The molecule has 0 aromatic heterocycles. The second kappa shape index (κ2) is 11.1. The molecule has 0 aromatic carbocycles. The molecular formula is C20H37NO4. The van der Waals surface area contributed by atoms with Crippen LogP contribution in [0.1, 0.15) is 77.6 Å². The van der Waals surface area contributed by atoms with Crippen molar-refractivity contribution >= 4 is 5.97 Å². The number of carboxylic acids is 1. The molecule has 5 heteroatoms. The average molecular weight is 356 g/mol. The van der Waals surface area contributed by atoms with E-state index in [1.807, 2.05) is 0 Å². The number of carbonyl (C=O) groups is 1. The summed E-state index contributed by atoms with van der Waals surface area (Å²) < 4.78 is 6.17. The second-order valence-corrected chi connectivity index (χ2v) is 7.90. The van der Waals surface area contributed by atoms with Gasteiger partial charge in [-0.05, 0) is 56.9 Å². The van der Waals surface area contributed by atoms with Crippen LogP contribution in [0.25, 0.3) is 0 Å². The summed E-state index contributed by atoms with van der Waals surface area (Å²) in [7, 11) is 0. The molecule has 2 heterocycles. The first-order valence-corrected chi connectivity index (χ1v) is 10.4. The number of hydrogen-bond acceptors (Lipinski definition) is 4. The molecule has 5 atom stereocenters. The number of aliphatic hydroxyl groups excluding tert-OH is 1. The first kappa shape index (κ1) is 20.7. The molecule has 0 saturated carbocycles. The van der Waals surface area contributed by atoms with Crippen LogP contribution in [0.2, 0.25) is 0 Å². The Labute approximate surface area is 152 Å². The summed E-state index contributed by atoms with van der Waals surface area (Å²) in [5.41, 5.74) is 0. The van der Waals surface area contributed by atoms with Crippen molar-refractivity contribution in [1.82, 2.24) is 5.32 Å². The van der Waals surface area contributed by atoms with Gasteiger partial charge in [-0.2, -0.15) is 0 Å². The lowest BCUT2D eigenvalue weighted by Crippen LogP contribution is -2.33. The lowest BCUT2D eigenvalue weighted by molar-refractivity contribution is -0.137. The Morgan fingerprint density at radius 3 is 2.48 bits per heavy atom. The number of nitrogens with one attached hydrogen (secondary N) is 1. The molecule has 2 aliphatic heterocycles. The van der Waals surface area contributed by atoms with Crippen LogP contribution in [0.5, 0.6) is 0 Å². The van der Waals surface area contributed by atoms with E-state index in [2.05, 4.69) is 12.2 Å². The zero-order chi connectivity index (χ0) is 18.1. The molecule has 2 rings (SSSR count). The molecular weight excluding hydrogens is 318 g/mol. The molecule has 2 saturated heterocycles. The van der Waals surface area contributed by atoms with Crippen molar-refractivity contribution < 1.29 is 19.7 Å². The van der Waals surface area contributed by atoms with Crippen LogP contribution in [-0.2, 0) is 9.53 Å². The van der Waals surface area contributed by atoms with E-state index in [1.165, 1.54) is 25.7 Å². The van der Waals surface area contributed by atoms with Crippen LogP contribution in [0.4, 0.5) is 0 Å². The molecule has 2 bridgehead atoms. The van der Waals surface area contributed by atoms with Crippen LogP contribution in [0.3, 0.4) is 0 Å². The Morgan fingerprint density at radius 1 is 1.12 bits per heavy atom. The number of aliphatic carboxylic acids is 1. The first-order valence-electron chi connectivity index (χ1n) is 10.4. The minimum absolute atomic E-state index is 0.220. The van der Waals surface area contributed by atoms with Crippen LogP contribution in [0, 0.1) is 11.8 Å². The highest BCUT2D eigenvalue weighted by Gasteiger charge is 2.47. The quantitative estimate of drug-likeness (QED) is 0.417. The standard InChI is InChI=1S/C20H37NO4/c1-2-7-15(22)14-21-13-12-17-16(18-10-11-19(17)25-18)8-5-3-4-6-9-20(23)24/h15-19,21-22H,2-14H2,1H3,(H,23,24). The summed E-state index contributed by atoms with van der Waals surface area (Å²) in [4.78, 5) is 10.5. The molecule has 0 spiro atoms. The van der Waals surface area contributed by atoms with Gasteiger partial charge in [0.15, 0.2) is 0 Å². The Hall–Kier alpha value is -0.650. The van der Waals surface area contributed by atoms with Gasteiger partial charge >= 0.3 is 5.97 Å². The number of aliphatic hydroxyl groups is 1. The van der Waals surface area contributed by atoms with E-state index in [0.717, 1.165) is 45.1 Å². The summed E-state index contributed by atoms with van der Waals surface area (Å²) in [5.74, 6) is 0.660. The van der Waals surface area contributed by atoms with E-state index in [4.69, 9.17) is 9.84 Å². The minimum atomic E-state index is -0.682. The monoisotopic (exact) mass is 355 g/mol. The number of ether oxygens (including phenoxy) is 1. The maximum atomic E-state index is 10.5. The van der Waals surface area contributed by atoms with Gasteiger partial charge < -0.3 is 20.3 Å². The van der Waals surface area contributed by atoms with Crippen molar-refractivity contribution in [3.8, 4) is 0 Å². The number of hydrogen-bond donors (Lipinski definition) is 3. The van der Waals surface area contributed by atoms with E-state index in [0.29, 0.717) is 37.0 Å². The van der Waals surface area contributed by atoms with Crippen LogP contribution >= 0.6 is 0 Å². The van der Waals surface area contributed by atoms with Gasteiger partial charge in [0.2, 0.25) is 0 Å². The number of fused-ring (bicyclic) bond motifs is 2. The Kier molecular flexibility index (Phi) is 9.21. The highest BCUT2D eigenvalue weighted by atomic mass is 16.5. The molecule has 0 radical (unpaired) electrons. The van der Waals surface area contributed by atoms with Gasteiger partial charge in [-0.25, -0.2) is 0 Å². The molecule has 0 amide bonds. The zero-order valence-corrected chi connectivity index (χ0v) is 15.8. The normalized spacial score (nSPS) is 29.2. The molecule has 25 heavy (non-hydrogen) atoms. The molecule has 0 aromatic rings. The number of rotatable bonds is 14. The van der Waals surface area contributed by atoms with Gasteiger partial charge in [-0.3, -0.25) is 4.79 Å². The summed E-state index contributed by atoms with van der Waals surface area (Å²) in [5, 5.41) is 21.9. The number of unbranched alkanes of at least 4 members (excludes halogenated alkanes) is 3. The maximum Gasteiger partial charge on any atom is 0.303 e. The zero-order valence-electron chi connectivity index (χ0n) is 15.8. The first-order chi connectivity index (χ1) is 12.1. The van der Waals surface area contributed by atoms with Crippen LogP contribution in [-0.4, -0.2) is 47.6 Å². The highest BCUT2D eigenvalue weighted by Crippen LogP contribution is 2.46. The van der Waals surface area contributed by atoms with Gasteiger partial charge in [0.1, 0.15) is 0 Å². The fraction of sp³-hybridized carbons (Fsp3) is 0.950. The largest absolute Gasteiger partial charge is 0.481 e. The van der Waals surface area contributed by atoms with Crippen LogP contribution in [0.15, 0.2) is 0 Å². The van der Waals surface area contributed by atoms with E-state index in [9.17, 15) is 9.90 Å². The van der Waals surface area contributed by atoms with E-state index >= 15 is 0 Å². The smallest absolute Gasteiger partial charge is 0.303 e. The van der Waals surface area contributed by atoms with E-state index < -0.39 is 5.97 Å². The molecule has 5 unspecified atom stereocenters. The molecule has 2 aliphatic rings. The van der Waals surface area contributed by atoms with Crippen LogP contribution < -0.4 is 5.32 Å². The van der Waals surface area contributed by atoms with Gasteiger partial charge in [0.25, 0.3) is 0 Å². The predicted octanol–water partition coefficient (Wildman–Crippen LogP) is 3.35. The van der Waals surface area contributed by atoms with Crippen molar-refractivity contribution in [2.45, 2.75) is 95.9 Å². The fourth-order valence-electron chi connectivity index (χ4n) is 4.65. The lowest BCUT2D eigenvalue weighted by Gasteiger charge is -2.28. The SMILES string of the molecule is CCCC(O)CNCCC1C2CCC(O2)C1CCCCCCC(=O)O. The van der Waals surface area contributed by atoms with Crippen molar-refractivity contribution in [2.24, 2.45) is 11.8 Å². The molecule has 3 N–H and O–H groups in total. The van der Waals surface area contributed by atoms with Gasteiger partial charge in [0.05, 0.1) is 18.3 Å². The second-order valence-electron chi connectivity index (χ2n) is 7.90. The third-order valence-electron chi connectivity index (χ3n) is 5.92. The summed E-state index contributed by atoms with van der Waals surface area (Å²) in [6.45, 7) is 3.76. The summed E-state index contributed by atoms with van der Waals surface area (Å²) in [6.07, 6.45) is 11.8. The molecule has 146 valence electrons. The average Bonchev–Trinajstić information content (AvgIpc) is 3.16. The third kappa shape index (κ3) is 6.87. The number of carboxylic acid groups (broad SMARTS) is 1. The maximum absolute atomic E-state index is 10.5. The Morgan fingerprint density at radius 2 is 1.80 bits per heavy atom. The molecule has 5 nitrogen and oxygen atoms in total. The molecule has 2 fully saturated rings.